The minimum atomic E-state index is -0.483. The Balaban J connectivity index is 0.000000494. The van der Waals surface area contributed by atoms with Crippen molar-refractivity contribution in [1.29, 1.82) is 0 Å². The van der Waals surface area contributed by atoms with E-state index in [0.717, 1.165) is 0 Å². The number of nitrogens with zero attached hydrogens (tertiary/aromatic N) is 1. The van der Waals surface area contributed by atoms with Gasteiger partial charge >= 0.3 is 12.1 Å². The molecule has 0 radical (unpaired) electrons. The monoisotopic (exact) mass is 259 g/mol. The molecule has 0 aromatic rings. The molecule has 0 spiro atoms. The molecule has 6 heteroatoms. The van der Waals surface area contributed by atoms with Gasteiger partial charge in [-0.05, 0) is 20.8 Å². The van der Waals surface area contributed by atoms with Crippen molar-refractivity contribution in [3.63, 3.8) is 0 Å². The first kappa shape index (κ1) is 16.4. The lowest BCUT2D eigenvalue weighted by Crippen LogP contribution is -2.35. The number of rotatable bonds is 0. The van der Waals surface area contributed by atoms with Crippen LogP contribution in [0.25, 0.3) is 0 Å². The molecule has 6 nitrogen and oxygen atoms in total. The minimum absolute atomic E-state index is 0.103. The van der Waals surface area contributed by atoms with E-state index in [1.807, 2.05) is 20.8 Å². The van der Waals surface area contributed by atoms with E-state index in [4.69, 9.17) is 4.74 Å². The zero-order valence-corrected chi connectivity index (χ0v) is 11.6. The molecule has 0 aromatic carbocycles. The topological polar surface area (TPSA) is 72.9 Å². The average molecular weight is 259 g/mol. The van der Waals surface area contributed by atoms with Crippen molar-refractivity contribution in [3.05, 3.63) is 0 Å². The van der Waals surface area contributed by atoms with Crippen LogP contribution in [0, 0.1) is 0 Å². The molecule has 0 aromatic heterocycles. The van der Waals surface area contributed by atoms with Crippen LogP contribution in [0.15, 0.2) is 0 Å². The molecule has 1 rings (SSSR count). The van der Waals surface area contributed by atoms with Crippen molar-refractivity contribution in [2.75, 3.05) is 20.2 Å². The molecule has 1 aliphatic rings. The summed E-state index contributed by atoms with van der Waals surface area (Å²) in [6.45, 7) is 7.48. The number of amides is 1. The standard InChI is InChI=1S/C9H15NO3.C3H6O2/c1-9(2,3)13-8(12)10-5-4-7(11)6-10;1-3(4)5-2/h4-6H2,1-3H3;1-2H3. The van der Waals surface area contributed by atoms with Crippen LogP contribution < -0.4 is 0 Å². The molecule has 0 saturated carbocycles. The Kier molecular flexibility index (Phi) is 6.36. The molecule has 1 saturated heterocycles. The number of carbonyl (C=O) groups is 3. The molecule has 104 valence electrons. The number of hydrogen-bond donors (Lipinski definition) is 0. The third-order valence-electron chi connectivity index (χ3n) is 1.97. The van der Waals surface area contributed by atoms with Crippen LogP contribution in [0.2, 0.25) is 0 Å². The highest BCUT2D eigenvalue weighted by molar-refractivity contribution is 5.87. The largest absolute Gasteiger partial charge is 0.469 e. The molecule has 18 heavy (non-hydrogen) atoms. The SMILES string of the molecule is CC(C)(C)OC(=O)N1CCC(=O)C1.COC(C)=O. The van der Waals surface area contributed by atoms with Gasteiger partial charge in [0, 0.05) is 19.9 Å². The van der Waals surface area contributed by atoms with Gasteiger partial charge in [0.1, 0.15) is 5.60 Å². The summed E-state index contributed by atoms with van der Waals surface area (Å²) in [4.78, 5) is 33.3. The second-order valence-corrected chi connectivity index (χ2v) is 4.89. The number of hydrogen-bond acceptors (Lipinski definition) is 5. The average Bonchev–Trinajstić information content (AvgIpc) is 2.63. The first-order chi connectivity index (χ1) is 8.15. The number of carbonyl (C=O) groups excluding carboxylic acids is 3. The van der Waals surface area contributed by atoms with Gasteiger partial charge in [0.15, 0.2) is 5.78 Å². The quantitative estimate of drug-likeness (QED) is 0.614. The van der Waals surface area contributed by atoms with Crippen molar-refractivity contribution in [1.82, 2.24) is 4.90 Å². The van der Waals surface area contributed by atoms with Gasteiger partial charge in [0.2, 0.25) is 0 Å². The van der Waals surface area contributed by atoms with Gasteiger partial charge in [0.05, 0.1) is 13.7 Å². The van der Waals surface area contributed by atoms with Crippen molar-refractivity contribution in [2.45, 2.75) is 39.7 Å². The van der Waals surface area contributed by atoms with Gasteiger partial charge in [-0.2, -0.15) is 0 Å². The predicted octanol–water partition coefficient (Wildman–Crippen LogP) is 1.38. The van der Waals surface area contributed by atoms with Crippen LogP contribution in [0.3, 0.4) is 0 Å². The van der Waals surface area contributed by atoms with Crippen LogP contribution in [0.4, 0.5) is 4.79 Å². The van der Waals surface area contributed by atoms with Gasteiger partial charge in [0.25, 0.3) is 0 Å². The Morgan fingerprint density at radius 3 is 2.06 bits per heavy atom. The van der Waals surface area contributed by atoms with Crippen molar-refractivity contribution < 1.29 is 23.9 Å². The maximum Gasteiger partial charge on any atom is 0.410 e. The molecule has 1 amide bonds. The maximum absolute atomic E-state index is 11.4. The zero-order chi connectivity index (χ0) is 14.3. The summed E-state index contributed by atoms with van der Waals surface area (Å²) in [6.07, 6.45) is 0.0672. The van der Waals surface area contributed by atoms with Gasteiger partial charge in [-0.3, -0.25) is 9.59 Å². The number of Topliss-reactive ketones (excluding diaryl/α,β-unsaturated/α-hetero) is 1. The lowest BCUT2D eigenvalue weighted by molar-refractivity contribution is -0.137. The van der Waals surface area contributed by atoms with E-state index >= 15 is 0 Å². The highest BCUT2D eigenvalue weighted by atomic mass is 16.6. The lowest BCUT2D eigenvalue weighted by atomic mass is 10.2. The first-order valence-corrected chi connectivity index (χ1v) is 5.70. The predicted molar refractivity (Wildman–Crippen MR) is 65.1 cm³/mol. The Bertz CT molecular complexity index is 319. The van der Waals surface area contributed by atoms with Gasteiger partial charge in [-0.25, -0.2) is 4.79 Å². The number of methoxy groups -OCH3 is 1. The minimum Gasteiger partial charge on any atom is -0.469 e. The molecule has 0 N–H and O–H groups in total. The van der Waals surface area contributed by atoms with Gasteiger partial charge in [-0.15, -0.1) is 0 Å². The third kappa shape index (κ3) is 7.65. The molecule has 0 aliphatic carbocycles. The van der Waals surface area contributed by atoms with E-state index < -0.39 is 11.7 Å². The Morgan fingerprint density at radius 2 is 1.78 bits per heavy atom. The van der Waals surface area contributed by atoms with E-state index in [-0.39, 0.29) is 18.3 Å². The van der Waals surface area contributed by atoms with Crippen LogP contribution >= 0.6 is 0 Å². The molecular weight excluding hydrogens is 238 g/mol. The molecule has 0 bridgehead atoms. The normalized spacial score (nSPS) is 14.7. The summed E-state index contributed by atoms with van der Waals surface area (Å²) >= 11 is 0. The second kappa shape index (κ2) is 6.98. The van der Waals surface area contributed by atoms with E-state index in [1.54, 1.807) is 0 Å². The smallest absolute Gasteiger partial charge is 0.410 e. The van der Waals surface area contributed by atoms with E-state index in [1.165, 1.54) is 18.9 Å². The summed E-state index contributed by atoms with van der Waals surface area (Å²) in [5.41, 5.74) is -0.483. The fourth-order valence-electron chi connectivity index (χ4n) is 1.11. The molecule has 0 unspecified atom stereocenters. The molecule has 1 fully saturated rings. The van der Waals surface area contributed by atoms with E-state index in [9.17, 15) is 14.4 Å². The van der Waals surface area contributed by atoms with Crippen LogP contribution in [-0.4, -0.2) is 48.5 Å². The zero-order valence-electron chi connectivity index (χ0n) is 11.6. The van der Waals surface area contributed by atoms with E-state index in [0.29, 0.717) is 13.0 Å². The van der Waals surface area contributed by atoms with Gasteiger partial charge < -0.3 is 14.4 Å². The summed E-state index contributed by atoms with van der Waals surface area (Å²) in [7, 11) is 1.35. The second-order valence-electron chi connectivity index (χ2n) is 4.89. The number of likely N-dealkylation sites (tertiary alicyclic amines) is 1. The first-order valence-electron chi connectivity index (χ1n) is 5.70. The summed E-state index contributed by atoms with van der Waals surface area (Å²) in [5.74, 6) is -0.143. The fourth-order valence-corrected chi connectivity index (χ4v) is 1.11. The third-order valence-corrected chi connectivity index (χ3v) is 1.97. The fraction of sp³-hybridized carbons (Fsp3) is 0.750. The molecular formula is C12H21NO5. The Labute approximate surface area is 107 Å². The van der Waals surface area contributed by atoms with Crippen LogP contribution in [-0.2, 0) is 19.1 Å². The maximum atomic E-state index is 11.4. The number of ether oxygens (including phenoxy) is 2. The van der Waals surface area contributed by atoms with Crippen molar-refractivity contribution >= 4 is 17.8 Å². The highest BCUT2D eigenvalue weighted by Crippen LogP contribution is 2.12. The van der Waals surface area contributed by atoms with Crippen molar-refractivity contribution in [3.8, 4) is 0 Å². The number of esters is 1. The van der Waals surface area contributed by atoms with Crippen LogP contribution in [0.5, 0.6) is 0 Å². The lowest BCUT2D eigenvalue weighted by Gasteiger charge is -2.23. The van der Waals surface area contributed by atoms with Crippen LogP contribution in [0.1, 0.15) is 34.1 Å². The highest BCUT2D eigenvalue weighted by Gasteiger charge is 2.27. The summed E-state index contributed by atoms with van der Waals surface area (Å²) < 4.78 is 9.22. The summed E-state index contributed by atoms with van der Waals surface area (Å²) in [6, 6.07) is 0. The molecule has 1 aliphatic heterocycles. The summed E-state index contributed by atoms with van der Waals surface area (Å²) in [5, 5.41) is 0. The number of ketones is 1. The van der Waals surface area contributed by atoms with Gasteiger partial charge in [-0.1, -0.05) is 0 Å². The Hall–Kier alpha value is -1.59. The molecule has 1 heterocycles. The molecule has 0 atom stereocenters. The Morgan fingerprint density at radius 1 is 1.28 bits per heavy atom. The van der Waals surface area contributed by atoms with E-state index in [2.05, 4.69) is 4.74 Å². The van der Waals surface area contributed by atoms with Crippen molar-refractivity contribution in [2.24, 2.45) is 0 Å².